The van der Waals surface area contributed by atoms with E-state index in [9.17, 15) is 22.4 Å². The van der Waals surface area contributed by atoms with E-state index >= 15 is 0 Å². The second-order valence-electron chi connectivity index (χ2n) is 8.12. The number of nitrogens with zero attached hydrogens (tertiary/aromatic N) is 1. The molecule has 0 spiro atoms. The number of halogens is 4. The molecule has 0 unspecified atom stereocenters. The van der Waals surface area contributed by atoms with E-state index in [4.69, 9.17) is 0 Å². The average molecular weight is 448 g/mol. The molecule has 1 saturated carbocycles. The fourth-order valence-corrected chi connectivity index (χ4v) is 3.69. The van der Waals surface area contributed by atoms with Crippen LogP contribution in [0.15, 0.2) is 36.9 Å². The first-order chi connectivity index (χ1) is 15.2. The van der Waals surface area contributed by atoms with Crippen molar-refractivity contribution in [3.05, 3.63) is 48.3 Å². The first-order valence-electron chi connectivity index (χ1n) is 10.5. The van der Waals surface area contributed by atoms with Gasteiger partial charge in [-0.1, -0.05) is 24.8 Å². The third-order valence-electron chi connectivity index (χ3n) is 5.63. The van der Waals surface area contributed by atoms with Gasteiger partial charge in [0.2, 0.25) is 5.91 Å². The molecule has 9 heteroatoms. The number of hydrogen-bond donors (Lipinski definition) is 3. The SMILES string of the molecule is C=C(c1nc(/C=C/CNC(=O)C2CC2)cc2c(N[C@@H]3CNC[C@@H]3F)cccc12)C(F)(F)F. The Morgan fingerprint density at radius 3 is 2.69 bits per heavy atom. The molecule has 2 heterocycles. The maximum atomic E-state index is 14.1. The van der Waals surface area contributed by atoms with Gasteiger partial charge in [-0.15, -0.1) is 0 Å². The summed E-state index contributed by atoms with van der Waals surface area (Å²) in [6.07, 6.45) is -0.780. The Morgan fingerprint density at radius 2 is 2.03 bits per heavy atom. The molecule has 4 rings (SSSR count). The zero-order valence-corrected chi connectivity index (χ0v) is 17.3. The van der Waals surface area contributed by atoms with Crippen molar-refractivity contribution in [3.8, 4) is 0 Å². The van der Waals surface area contributed by atoms with Crippen LogP contribution in [0.1, 0.15) is 24.2 Å². The predicted octanol–water partition coefficient (Wildman–Crippen LogP) is 4.07. The molecule has 1 aliphatic carbocycles. The van der Waals surface area contributed by atoms with Crippen LogP contribution < -0.4 is 16.0 Å². The molecule has 2 aromatic rings. The predicted molar refractivity (Wildman–Crippen MR) is 117 cm³/mol. The minimum absolute atomic E-state index is 0.0234. The van der Waals surface area contributed by atoms with Crippen molar-refractivity contribution in [2.75, 3.05) is 25.0 Å². The van der Waals surface area contributed by atoms with E-state index in [0.717, 1.165) is 12.8 Å². The molecule has 1 saturated heterocycles. The van der Waals surface area contributed by atoms with Crippen molar-refractivity contribution >= 4 is 34.0 Å². The zero-order valence-electron chi connectivity index (χ0n) is 17.3. The molecule has 1 aliphatic heterocycles. The molecule has 170 valence electrons. The molecular weight excluding hydrogens is 424 g/mol. The van der Waals surface area contributed by atoms with Crippen LogP contribution in [0.4, 0.5) is 23.2 Å². The van der Waals surface area contributed by atoms with Gasteiger partial charge in [-0.2, -0.15) is 13.2 Å². The summed E-state index contributed by atoms with van der Waals surface area (Å²) in [5.74, 6) is 0.0478. The van der Waals surface area contributed by atoms with E-state index in [-0.39, 0.29) is 41.7 Å². The lowest BCUT2D eigenvalue weighted by molar-refractivity contribution is -0.122. The number of carbonyl (C=O) groups is 1. The molecule has 1 amide bonds. The first kappa shape index (κ1) is 22.3. The lowest BCUT2D eigenvalue weighted by atomic mass is 10.0. The van der Waals surface area contributed by atoms with Crippen LogP contribution in [-0.2, 0) is 4.79 Å². The number of amides is 1. The highest BCUT2D eigenvalue weighted by molar-refractivity contribution is 6.00. The van der Waals surface area contributed by atoms with Crippen molar-refractivity contribution in [2.24, 2.45) is 5.92 Å². The summed E-state index contributed by atoms with van der Waals surface area (Å²) in [5, 5.41) is 9.59. The number of aromatic nitrogens is 1. The highest BCUT2D eigenvalue weighted by Gasteiger charge is 2.35. The molecule has 2 fully saturated rings. The van der Waals surface area contributed by atoms with E-state index in [1.807, 2.05) is 0 Å². The van der Waals surface area contributed by atoms with Crippen LogP contribution in [0.2, 0.25) is 0 Å². The summed E-state index contributed by atoms with van der Waals surface area (Å²) in [4.78, 5) is 15.9. The number of fused-ring (bicyclic) bond motifs is 1. The van der Waals surface area contributed by atoms with E-state index in [0.29, 0.717) is 17.6 Å². The van der Waals surface area contributed by atoms with Crippen LogP contribution in [0.3, 0.4) is 0 Å². The number of nitrogens with one attached hydrogen (secondary N) is 3. The lowest BCUT2D eigenvalue weighted by Crippen LogP contribution is -2.29. The summed E-state index contributed by atoms with van der Waals surface area (Å²) in [5.41, 5.74) is -0.521. The van der Waals surface area contributed by atoms with Crippen LogP contribution in [0.25, 0.3) is 22.4 Å². The summed E-state index contributed by atoms with van der Waals surface area (Å²) in [6.45, 7) is 4.11. The number of rotatable bonds is 7. The fourth-order valence-electron chi connectivity index (χ4n) is 3.69. The molecule has 2 aliphatic rings. The van der Waals surface area contributed by atoms with Gasteiger partial charge in [0.25, 0.3) is 0 Å². The van der Waals surface area contributed by atoms with E-state index in [1.54, 1.807) is 36.4 Å². The van der Waals surface area contributed by atoms with Gasteiger partial charge in [0.15, 0.2) is 0 Å². The second kappa shape index (κ2) is 8.90. The Morgan fingerprint density at radius 1 is 1.25 bits per heavy atom. The van der Waals surface area contributed by atoms with Crippen LogP contribution in [-0.4, -0.2) is 48.9 Å². The molecule has 1 aromatic heterocycles. The minimum atomic E-state index is -4.65. The number of hydrogen-bond acceptors (Lipinski definition) is 4. The maximum absolute atomic E-state index is 14.1. The first-order valence-corrected chi connectivity index (χ1v) is 10.5. The average Bonchev–Trinajstić information content (AvgIpc) is 3.53. The number of benzene rings is 1. The third kappa shape index (κ3) is 4.93. The van der Waals surface area contributed by atoms with Gasteiger partial charge < -0.3 is 16.0 Å². The van der Waals surface area contributed by atoms with E-state index in [2.05, 4.69) is 27.5 Å². The van der Waals surface area contributed by atoms with Gasteiger partial charge in [0, 0.05) is 42.0 Å². The topological polar surface area (TPSA) is 66.0 Å². The molecule has 1 aromatic carbocycles. The number of carbonyl (C=O) groups excluding carboxylic acids is 1. The monoisotopic (exact) mass is 448 g/mol. The van der Waals surface area contributed by atoms with Gasteiger partial charge in [-0.05, 0) is 31.1 Å². The van der Waals surface area contributed by atoms with E-state index < -0.39 is 24.0 Å². The van der Waals surface area contributed by atoms with Gasteiger partial charge >= 0.3 is 6.18 Å². The van der Waals surface area contributed by atoms with Gasteiger partial charge in [0.05, 0.1) is 23.0 Å². The molecule has 2 atom stereocenters. The third-order valence-corrected chi connectivity index (χ3v) is 5.63. The largest absolute Gasteiger partial charge is 0.417 e. The van der Waals surface area contributed by atoms with Crippen molar-refractivity contribution < 1.29 is 22.4 Å². The quantitative estimate of drug-likeness (QED) is 0.559. The summed E-state index contributed by atoms with van der Waals surface area (Å²) in [7, 11) is 0. The Bertz CT molecular complexity index is 1060. The molecule has 5 nitrogen and oxygen atoms in total. The number of allylic oxidation sites excluding steroid dienone is 1. The Labute approximate surface area is 183 Å². The smallest absolute Gasteiger partial charge is 0.378 e. The fraction of sp³-hybridized carbons (Fsp3) is 0.391. The van der Waals surface area contributed by atoms with Crippen molar-refractivity contribution in [1.82, 2.24) is 15.6 Å². The van der Waals surface area contributed by atoms with Crippen molar-refractivity contribution in [3.63, 3.8) is 0 Å². The van der Waals surface area contributed by atoms with E-state index in [1.165, 1.54) is 0 Å². The zero-order chi connectivity index (χ0) is 22.9. The van der Waals surface area contributed by atoms with Crippen LogP contribution >= 0.6 is 0 Å². The Balaban J connectivity index is 1.68. The molecular formula is C23H24F4N4O. The Hall–Kier alpha value is -2.94. The molecule has 0 bridgehead atoms. The molecule has 3 N–H and O–H groups in total. The normalized spacial score (nSPS) is 21.2. The number of pyridine rings is 1. The summed E-state index contributed by atoms with van der Waals surface area (Å²) in [6, 6.07) is 6.02. The molecule has 0 radical (unpaired) electrons. The van der Waals surface area contributed by atoms with Gasteiger partial charge in [0.1, 0.15) is 6.17 Å². The lowest BCUT2D eigenvalue weighted by Gasteiger charge is -2.19. The van der Waals surface area contributed by atoms with Crippen LogP contribution in [0, 0.1) is 5.92 Å². The Kier molecular flexibility index (Phi) is 6.19. The molecule has 32 heavy (non-hydrogen) atoms. The second-order valence-corrected chi connectivity index (χ2v) is 8.12. The standard InChI is InChI=1S/C23H24F4N4O/c1-13(23(25,26)27)21-16-5-2-6-19(31-20-12-28-11-18(20)24)17(16)10-15(30-21)4-3-9-29-22(32)14-7-8-14/h2-6,10,14,18,20,28,31H,1,7-9,11-12H2,(H,29,32)/b4-3+/t18-,20+/m0/s1. The van der Waals surface area contributed by atoms with Crippen molar-refractivity contribution in [2.45, 2.75) is 31.2 Å². The highest BCUT2D eigenvalue weighted by Crippen LogP contribution is 2.37. The number of alkyl halides is 4. The summed E-state index contributed by atoms with van der Waals surface area (Å²) < 4.78 is 54.5. The van der Waals surface area contributed by atoms with Crippen LogP contribution in [0.5, 0.6) is 0 Å². The maximum Gasteiger partial charge on any atom is 0.417 e. The van der Waals surface area contributed by atoms with Gasteiger partial charge in [-0.3, -0.25) is 4.79 Å². The minimum Gasteiger partial charge on any atom is -0.378 e. The number of anilines is 1. The summed E-state index contributed by atoms with van der Waals surface area (Å²) >= 11 is 0. The highest BCUT2D eigenvalue weighted by atomic mass is 19.4. The van der Waals surface area contributed by atoms with Crippen molar-refractivity contribution in [1.29, 1.82) is 0 Å². The van der Waals surface area contributed by atoms with Gasteiger partial charge in [-0.25, -0.2) is 9.37 Å².